The first kappa shape index (κ1) is 14.8. The number of carbonyl (C=O) groups is 1. The largest absolute Gasteiger partial charge is 0.481 e. The van der Waals surface area contributed by atoms with E-state index in [4.69, 9.17) is 34.0 Å². The Bertz CT molecular complexity index is 422. The Balaban J connectivity index is 3.22. The average Bonchev–Trinajstić information content (AvgIpc) is 2.56. The van der Waals surface area contributed by atoms with Crippen molar-refractivity contribution in [1.29, 1.82) is 0 Å². The number of rotatable bonds is 5. The van der Waals surface area contributed by atoms with Crippen molar-refractivity contribution in [2.45, 2.75) is 38.1 Å². The molecule has 0 aliphatic carbocycles. The van der Waals surface area contributed by atoms with E-state index in [1.165, 1.54) is 11.3 Å². The Morgan fingerprint density at radius 3 is 2.59 bits per heavy atom. The van der Waals surface area contributed by atoms with Crippen LogP contribution in [0.25, 0.3) is 0 Å². The van der Waals surface area contributed by atoms with Crippen LogP contribution in [0.2, 0.25) is 8.67 Å². The van der Waals surface area contributed by atoms with E-state index in [0.29, 0.717) is 15.1 Å². The highest BCUT2D eigenvalue weighted by Gasteiger charge is 2.37. The molecule has 0 aliphatic heterocycles. The first-order chi connectivity index (χ1) is 7.81. The summed E-state index contributed by atoms with van der Waals surface area (Å²) < 4.78 is 1.06. The van der Waals surface area contributed by atoms with E-state index in [1.807, 2.05) is 13.8 Å². The Morgan fingerprint density at radius 2 is 2.24 bits per heavy atom. The monoisotopic (exact) mass is 295 g/mol. The molecule has 1 aromatic rings. The van der Waals surface area contributed by atoms with Gasteiger partial charge in [0.1, 0.15) is 0 Å². The summed E-state index contributed by atoms with van der Waals surface area (Å²) in [6, 6.07) is 1.44. The number of nitrogens with two attached hydrogens (primary N) is 1. The highest BCUT2D eigenvalue weighted by Crippen LogP contribution is 2.42. The zero-order valence-electron chi connectivity index (χ0n) is 9.67. The van der Waals surface area contributed by atoms with E-state index in [0.717, 1.165) is 5.56 Å². The van der Waals surface area contributed by atoms with Crippen LogP contribution in [0.3, 0.4) is 0 Å². The molecule has 0 amide bonds. The number of hydrogen-bond acceptors (Lipinski definition) is 3. The summed E-state index contributed by atoms with van der Waals surface area (Å²) in [5.41, 5.74) is 6.08. The Morgan fingerprint density at radius 1 is 1.65 bits per heavy atom. The number of halogens is 2. The SMILES string of the molecule is CCC(N)C(C)(CC(=O)O)c1cc(Cl)sc1Cl. The molecule has 0 saturated heterocycles. The lowest BCUT2D eigenvalue weighted by Gasteiger charge is -2.33. The van der Waals surface area contributed by atoms with E-state index in [2.05, 4.69) is 0 Å². The minimum absolute atomic E-state index is 0.0607. The molecule has 3 N–H and O–H groups in total. The Hall–Kier alpha value is -0.290. The number of hydrogen-bond donors (Lipinski definition) is 2. The van der Waals surface area contributed by atoms with Gasteiger partial charge in [-0.05, 0) is 18.1 Å². The summed E-state index contributed by atoms with van der Waals surface area (Å²) in [5, 5.41) is 9.02. The smallest absolute Gasteiger partial charge is 0.304 e. The summed E-state index contributed by atoms with van der Waals surface area (Å²) in [4.78, 5) is 11.0. The molecule has 0 bridgehead atoms. The Kier molecular flexibility index (Phi) is 4.84. The summed E-state index contributed by atoms with van der Waals surface area (Å²) in [6.07, 6.45) is 0.613. The highest BCUT2D eigenvalue weighted by molar-refractivity contribution is 7.20. The number of aliphatic carboxylic acids is 1. The van der Waals surface area contributed by atoms with E-state index in [1.54, 1.807) is 6.07 Å². The van der Waals surface area contributed by atoms with E-state index in [-0.39, 0.29) is 12.5 Å². The van der Waals surface area contributed by atoms with Crippen molar-refractivity contribution >= 4 is 40.5 Å². The second-order valence-electron chi connectivity index (χ2n) is 4.24. The lowest BCUT2D eigenvalue weighted by molar-refractivity contribution is -0.138. The second-order valence-corrected chi connectivity index (χ2v) is 6.53. The predicted octanol–water partition coefficient (Wildman–Crippen LogP) is 3.52. The van der Waals surface area contributed by atoms with Gasteiger partial charge in [-0.2, -0.15) is 0 Å². The zero-order chi connectivity index (χ0) is 13.2. The van der Waals surface area contributed by atoms with Crippen LogP contribution in [0, 0.1) is 0 Å². The van der Waals surface area contributed by atoms with Crippen molar-refractivity contribution in [3.63, 3.8) is 0 Å². The molecule has 2 atom stereocenters. The minimum atomic E-state index is -0.894. The van der Waals surface area contributed by atoms with Crippen LogP contribution in [-0.2, 0) is 10.2 Å². The maximum absolute atomic E-state index is 11.0. The van der Waals surface area contributed by atoms with Crippen molar-refractivity contribution in [3.05, 3.63) is 20.3 Å². The van der Waals surface area contributed by atoms with Crippen LogP contribution in [0.5, 0.6) is 0 Å². The van der Waals surface area contributed by atoms with Crippen LogP contribution < -0.4 is 5.73 Å². The molecular formula is C11H15Cl2NO2S. The molecule has 1 heterocycles. The van der Waals surface area contributed by atoms with Crippen molar-refractivity contribution in [2.24, 2.45) is 5.73 Å². The fourth-order valence-corrected chi connectivity index (χ4v) is 3.65. The van der Waals surface area contributed by atoms with E-state index < -0.39 is 11.4 Å². The molecule has 1 aromatic heterocycles. The minimum Gasteiger partial charge on any atom is -0.481 e. The van der Waals surface area contributed by atoms with Crippen LogP contribution in [-0.4, -0.2) is 17.1 Å². The molecule has 96 valence electrons. The van der Waals surface area contributed by atoms with Crippen molar-refractivity contribution in [2.75, 3.05) is 0 Å². The first-order valence-corrected chi connectivity index (χ1v) is 6.81. The summed E-state index contributed by atoms with van der Waals surface area (Å²) in [6.45, 7) is 3.74. The van der Waals surface area contributed by atoms with Gasteiger partial charge in [-0.25, -0.2) is 0 Å². The van der Waals surface area contributed by atoms with Gasteiger partial charge < -0.3 is 10.8 Å². The van der Waals surface area contributed by atoms with Crippen LogP contribution >= 0.6 is 34.5 Å². The number of carboxylic acid groups (broad SMARTS) is 1. The third-order valence-electron chi connectivity index (χ3n) is 3.05. The van der Waals surface area contributed by atoms with Gasteiger partial charge in [0.2, 0.25) is 0 Å². The van der Waals surface area contributed by atoms with Crippen molar-refractivity contribution in [3.8, 4) is 0 Å². The molecule has 6 heteroatoms. The number of carboxylic acids is 1. The fraction of sp³-hybridized carbons (Fsp3) is 0.545. The Labute approximate surface area is 115 Å². The molecule has 0 radical (unpaired) electrons. The number of thiophene rings is 1. The van der Waals surface area contributed by atoms with Gasteiger partial charge in [-0.15, -0.1) is 11.3 Å². The van der Waals surface area contributed by atoms with Gasteiger partial charge in [0.25, 0.3) is 0 Å². The van der Waals surface area contributed by atoms with Crippen LogP contribution in [0.15, 0.2) is 6.07 Å². The summed E-state index contributed by atoms with van der Waals surface area (Å²) >= 11 is 13.2. The molecule has 0 saturated carbocycles. The van der Waals surface area contributed by atoms with Gasteiger partial charge >= 0.3 is 5.97 Å². The maximum Gasteiger partial charge on any atom is 0.304 e. The summed E-state index contributed by atoms with van der Waals surface area (Å²) in [5.74, 6) is -0.894. The van der Waals surface area contributed by atoms with Gasteiger partial charge in [-0.3, -0.25) is 4.79 Å². The maximum atomic E-state index is 11.0. The third-order valence-corrected chi connectivity index (χ3v) is 4.54. The van der Waals surface area contributed by atoms with Gasteiger partial charge in [0.15, 0.2) is 0 Å². The first-order valence-electron chi connectivity index (χ1n) is 5.24. The van der Waals surface area contributed by atoms with Crippen molar-refractivity contribution in [1.82, 2.24) is 0 Å². The molecule has 17 heavy (non-hydrogen) atoms. The van der Waals surface area contributed by atoms with E-state index in [9.17, 15) is 4.79 Å². The molecule has 0 fully saturated rings. The fourth-order valence-electron chi connectivity index (χ4n) is 1.92. The van der Waals surface area contributed by atoms with Gasteiger partial charge in [-0.1, -0.05) is 37.0 Å². The lowest BCUT2D eigenvalue weighted by atomic mass is 9.74. The molecule has 0 spiro atoms. The normalized spacial score (nSPS) is 16.5. The van der Waals surface area contributed by atoms with Crippen molar-refractivity contribution < 1.29 is 9.90 Å². The lowest BCUT2D eigenvalue weighted by Crippen LogP contribution is -2.44. The van der Waals surface area contributed by atoms with Gasteiger partial charge in [0.05, 0.1) is 15.1 Å². The molecule has 0 aliphatic rings. The highest BCUT2D eigenvalue weighted by atomic mass is 35.5. The predicted molar refractivity (Wildman–Crippen MR) is 72.2 cm³/mol. The van der Waals surface area contributed by atoms with Gasteiger partial charge in [0, 0.05) is 11.5 Å². The van der Waals surface area contributed by atoms with Crippen LogP contribution in [0.1, 0.15) is 32.3 Å². The quantitative estimate of drug-likeness (QED) is 0.873. The standard InChI is InChI=1S/C11H15Cl2NO2S/c1-3-7(14)11(2,5-9(15)16)6-4-8(12)17-10(6)13/h4,7H,3,5,14H2,1-2H3,(H,15,16). The van der Waals surface area contributed by atoms with E-state index >= 15 is 0 Å². The molecule has 0 aromatic carbocycles. The third kappa shape index (κ3) is 3.13. The molecular weight excluding hydrogens is 281 g/mol. The molecule has 2 unspecified atom stereocenters. The summed E-state index contributed by atoms with van der Waals surface area (Å²) in [7, 11) is 0. The zero-order valence-corrected chi connectivity index (χ0v) is 12.0. The van der Waals surface area contributed by atoms with Crippen LogP contribution in [0.4, 0.5) is 0 Å². The second kappa shape index (κ2) is 5.57. The average molecular weight is 296 g/mol. The topological polar surface area (TPSA) is 63.3 Å². The molecule has 1 rings (SSSR count). The molecule has 3 nitrogen and oxygen atoms in total.